The quantitative estimate of drug-likeness (QED) is 0.144. The number of anilines is 4. The predicted molar refractivity (Wildman–Crippen MR) is 314 cm³/mol. The average molecular weight is 1020 g/mol. The maximum absolute atomic E-state index is 15.6. The molecule has 0 saturated heterocycles. The van der Waals surface area contributed by atoms with Gasteiger partial charge in [0.1, 0.15) is 35.6 Å². The monoisotopic (exact) mass is 1010 g/mol. The highest BCUT2D eigenvalue weighted by atomic mass is 19.1. The van der Waals surface area contributed by atoms with Crippen molar-refractivity contribution in [2.75, 3.05) is 16.5 Å². The highest BCUT2D eigenvalue weighted by Gasteiger charge is 2.47. The molecule has 3 heterocycles. The number of nitrogens with zero attached hydrogens (tertiary/aromatic N) is 4. The van der Waals surface area contributed by atoms with Crippen LogP contribution in [0.3, 0.4) is 0 Å². The number of aromatic nitrogens is 2. The van der Waals surface area contributed by atoms with E-state index in [0.717, 1.165) is 94.9 Å². The Kier molecular flexibility index (Phi) is 11.0. The largest absolute Gasteiger partial charge is 0.457 e. The lowest BCUT2D eigenvalue weighted by Gasteiger charge is -2.35. The molecule has 0 spiro atoms. The lowest BCUT2D eigenvalue weighted by Crippen LogP contribution is -2.29. The van der Waals surface area contributed by atoms with Gasteiger partial charge in [0, 0.05) is 45.9 Å². The van der Waals surface area contributed by atoms with Gasteiger partial charge < -0.3 is 14.5 Å². The van der Waals surface area contributed by atoms with Gasteiger partial charge in [-0.2, -0.15) is 0 Å². The Morgan fingerprint density at radius 3 is 1.71 bits per heavy atom. The van der Waals surface area contributed by atoms with Crippen molar-refractivity contribution < 1.29 is 13.5 Å². The van der Waals surface area contributed by atoms with E-state index >= 15 is 8.78 Å². The van der Waals surface area contributed by atoms with Gasteiger partial charge in [0.05, 0.1) is 33.5 Å². The van der Waals surface area contributed by atoms with E-state index in [4.69, 9.17) is 9.72 Å². The summed E-state index contributed by atoms with van der Waals surface area (Å²) in [5.41, 5.74) is 15.4. The summed E-state index contributed by atoms with van der Waals surface area (Å²) in [5, 5.41) is 2.19. The zero-order valence-electron chi connectivity index (χ0n) is 43.3. The van der Waals surface area contributed by atoms with Crippen molar-refractivity contribution in [3.8, 4) is 50.7 Å². The van der Waals surface area contributed by atoms with E-state index in [1.54, 1.807) is 12.1 Å². The van der Waals surface area contributed by atoms with Crippen LogP contribution in [0.2, 0.25) is 0 Å². The molecule has 12 aromatic rings. The van der Waals surface area contributed by atoms with Crippen molar-refractivity contribution in [2.24, 2.45) is 0 Å². The molecule has 1 aliphatic carbocycles. The molecule has 1 aliphatic heterocycles. The number of rotatable bonds is 9. The highest BCUT2D eigenvalue weighted by Crippen LogP contribution is 2.58. The van der Waals surface area contributed by atoms with Crippen LogP contribution in [-0.2, 0) is 10.8 Å². The highest BCUT2D eigenvalue weighted by molar-refractivity contribution is 6.09. The molecule has 0 amide bonds. The molecule has 7 heteroatoms. The van der Waals surface area contributed by atoms with Crippen molar-refractivity contribution in [1.29, 1.82) is 0 Å². The third-order valence-electron chi connectivity index (χ3n) is 15.8. The van der Waals surface area contributed by atoms with Crippen molar-refractivity contribution in [2.45, 2.75) is 31.6 Å². The van der Waals surface area contributed by atoms with Gasteiger partial charge in [-0.3, -0.25) is 4.57 Å². The van der Waals surface area contributed by atoms with E-state index in [2.05, 4.69) is 217 Å². The van der Waals surface area contributed by atoms with Crippen LogP contribution in [0.4, 0.5) is 31.5 Å². The molecule has 0 unspecified atom stereocenters. The number of pyridine rings is 1. The normalized spacial score (nSPS) is 13.4. The molecule has 2 aromatic heterocycles. The Hall–Kier alpha value is -9.59. The summed E-state index contributed by atoms with van der Waals surface area (Å²) in [6, 6.07) is 82.1. The molecule has 0 saturated carbocycles. The van der Waals surface area contributed by atoms with E-state index in [9.17, 15) is 0 Å². The van der Waals surface area contributed by atoms with E-state index in [1.807, 2.05) is 42.6 Å². The summed E-state index contributed by atoms with van der Waals surface area (Å²) in [6.07, 6.45) is 1.90. The topological polar surface area (TPSA) is 33.5 Å². The van der Waals surface area contributed by atoms with Gasteiger partial charge in [0.15, 0.2) is 0 Å². The minimum absolute atomic E-state index is 0.0877. The molecule has 78 heavy (non-hydrogen) atoms. The molecule has 14 rings (SSSR count). The zero-order chi connectivity index (χ0) is 52.7. The average Bonchev–Trinajstić information content (AvgIpc) is 4.20. The van der Waals surface area contributed by atoms with Crippen LogP contribution in [0.25, 0.3) is 61.0 Å². The number of hydrogen-bond acceptors (Lipinski definition) is 4. The summed E-state index contributed by atoms with van der Waals surface area (Å²) in [6.45, 7) is 7.12. The van der Waals surface area contributed by atoms with Crippen LogP contribution in [0, 0.1) is 11.6 Å². The molecular weight excluding hydrogens is 963 g/mol. The summed E-state index contributed by atoms with van der Waals surface area (Å²) in [4.78, 5) is 9.76. The second-order valence-corrected chi connectivity index (χ2v) is 21.4. The lowest BCUT2D eigenvalue weighted by atomic mass is 9.67. The standard InChI is InChI=1S/C71H52F2N4O/c1-70(2,3)49-36-37-74-68(40-49)77-64-27-14-13-24-58(64)59-33-32-54(44-67(59)77)78-55-39-50(71(48-22-11-6-12-23-48)62-34-30-51(72)41-60(62)61-42-52(73)31-35-63(61)71)38-53(43-55)75-45-76(66-29-16-15-28-65(66)75)69-56(46-18-7-4-8-19-46)25-17-26-57(69)47-20-9-5-10-21-47/h4-44H,45H2,1-3H3. The Bertz CT molecular complexity index is 4190. The maximum atomic E-state index is 15.6. The van der Waals surface area contributed by atoms with Gasteiger partial charge in [-0.1, -0.05) is 172 Å². The fraction of sp³-hybridized carbons (Fsp3) is 0.0845. The number of ether oxygens (including phenoxy) is 1. The van der Waals surface area contributed by atoms with Gasteiger partial charge in [-0.05, 0) is 134 Å². The molecule has 2 aliphatic rings. The Labute approximate surface area is 452 Å². The minimum atomic E-state index is -1.03. The molecule has 10 aromatic carbocycles. The van der Waals surface area contributed by atoms with Gasteiger partial charge in [0.25, 0.3) is 0 Å². The second kappa shape index (κ2) is 18.3. The van der Waals surface area contributed by atoms with Crippen LogP contribution >= 0.6 is 0 Å². The minimum Gasteiger partial charge on any atom is -0.457 e. The van der Waals surface area contributed by atoms with Crippen molar-refractivity contribution in [3.05, 3.63) is 288 Å². The second-order valence-electron chi connectivity index (χ2n) is 21.4. The molecular formula is C71H52F2N4O. The van der Waals surface area contributed by atoms with Crippen LogP contribution < -0.4 is 14.5 Å². The van der Waals surface area contributed by atoms with Crippen LogP contribution in [-0.4, -0.2) is 16.2 Å². The van der Waals surface area contributed by atoms with Gasteiger partial charge in [-0.15, -0.1) is 0 Å². The zero-order valence-corrected chi connectivity index (χ0v) is 43.3. The predicted octanol–water partition coefficient (Wildman–Crippen LogP) is 18.5. The van der Waals surface area contributed by atoms with E-state index in [-0.39, 0.29) is 5.41 Å². The third kappa shape index (κ3) is 7.60. The van der Waals surface area contributed by atoms with Gasteiger partial charge >= 0.3 is 0 Å². The van der Waals surface area contributed by atoms with Crippen molar-refractivity contribution >= 4 is 44.6 Å². The molecule has 0 radical (unpaired) electrons. The molecule has 5 nitrogen and oxygen atoms in total. The first-order valence-electron chi connectivity index (χ1n) is 26.5. The Morgan fingerprint density at radius 1 is 0.462 bits per heavy atom. The van der Waals surface area contributed by atoms with Gasteiger partial charge in [0.2, 0.25) is 0 Å². The fourth-order valence-electron chi connectivity index (χ4n) is 12.3. The lowest BCUT2D eigenvalue weighted by molar-refractivity contribution is 0.482. The molecule has 0 atom stereocenters. The van der Waals surface area contributed by atoms with Crippen molar-refractivity contribution in [1.82, 2.24) is 9.55 Å². The number of benzene rings is 10. The Balaban J connectivity index is 1.00. The molecule has 0 fully saturated rings. The summed E-state index contributed by atoms with van der Waals surface area (Å²) in [7, 11) is 0. The maximum Gasteiger partial charge on any atom is 0.137 e. The fourth-order valence-corrected chi connectivity index (χ4v) is 12.3. The molecule has 0 bridgehead atoms. The third-order valence-corrected chi connectivity index (χ3v) is 15.8. The molecule has 0 N–H and O–H groups in total. The van der Waals surface area contributed by atoms with E-state index in [1.165, 1.54) is 17.7 Å². The van der Waals surface area contributed by atoms with Crippen LogP contribution in [0.5, 0.6) is 11.5 Å². The first-order valence-corrected chi connectivity index (χ1v) is 26.5. The number of halogens is 2. The number of hydrogen-bond donors (Lipinski definition) is 0. The van der Waals surface area contributed by atoms with Crippen LogP contribution in [0.15, 0.2) is 249 Å². The van der Waals surface area contributed by atoms with E-state index < -0.39 is 17.0 Å². The molecule has 376 valence electrons. The summed E-state index contributed by atoms with van der Waals surface area (Å²) >= 11 is 0. The smallest absolute Gasteiger partial charge is 0.137 e. The Morgan fingerprint density at radius 2 is 1.05 bits per heavy atom. The van der Waals surface area contributed by atoms with Gasteiger partial charge in [-0.25, -0.2) is 13.8 Å². The summed E-state index contributed by atoms with van der Waals surface area (Å²) < 4.78 is 40.8. The SMILES string of the molecule is CC(C)(C)c1ccnc(-n2c3ccccc3c3ccc(Oc4cc(N5CN(c6c(-c7ccccc7)cccc6-c6ccccc6)c6ccccc65)cc(C5(c6ccccc6)c6ccc(F)cc6-c6cc(F)ccc65)c4)cc32)c1. The summed E-state index contributed by atoms with van der Waals surface area (Å²) in [5.74, 6) is 1.28. The van der Waals surface area contributed by atoms with E-state index in [0.29, 0.717) is 29.3 Å². The first-order chi connectivity index (χ1) is 38.1. The van der Waals surface area contributed by atoms with Crippen molar-refractivity contribution in [3.63, 3.8) is 0 Å². The number of para-hydroxylation sites is 4. The number of fused-ring (bicyclic) bond motifs is 7. The van der Waals surface area contributed by atoms with Crippen LogP contribution in [0.1, 0.15) is 48.6 Å². The first kappa shape index (κ1) is 46.9.